The third kappa shape index (κ3) is 3.39. The van der Waals surface area contributed by atoms with Gasteiger partial charge in [-0.2, -0.15) is 0 Å². The van der Waals surface area contributed by atoms with Gasteiger partial charge in [0.1, 0.15) is 5.82 Å². The van der Waals surface area contributed by atoms with Crippen LogP contribution in [0, 0.1) is 5.82 Å². The van der Waals surface area contributed by atoms with Crippen molar-refractivity contribution in [2.45, 2.75) is 6.54 Å². The minimum Gasteiger partial charge on any atom is -0.461 e. The lowest BCUT2D eigenvalue weighted by atomic mass is 10.2. The number of carbonyl (C=O) groups is 2. The summed E-state index contributed by atoms with van der Waals surface area (Å²) in [4.78, 5) is 25.5. The Hall–Kier alpha value is -2.44. The molecule has 1 aromatic carbocycles. The molecule has 0 unspecified atom stereocenters. The molecular weight excluding hydrogens is 353 g/mol. The quantitative estimate of drug-likeness (QED) is 0.688. The Balaban J connectivity index is 1.68. The third-order valence-corrected chi connectivity index (χ3v) is 4.64. The molecule has 0 saturated carbocycles. The van der Waals surface area contributed by atoms with E-state index in [1.165, 1.54) is 35.8 Å². The van der Waals surface area contributed by atoms with Crippen LogP contribution in [0.5, 0.6) is 0 Å². The number of amides is 1. The van der Waals surface area contributed by atoms with Gasteiger partial charge in [-0.15, -0.1) is 11.3 Å². The Labute approximate surface area is 145 Å². The molecule has 4 nitrogen and oxygen atoms in total. The molecule has 3 rings (SSSR count). The summed E-state index contributed by atoms with van der Waals surface area (Å²) < 4.78 is 18.8. The van der Waals surface area contributed by atoms with Crippen molar-refractivity contribution < 1.29 is 18.4 Å². The number of hydrogen-bond donors (Lipinski definition) is 1. The minimum absolute atomic E-state index is 0.0485. The Morgan fingerprint density at radius 3 is 2.71 bits per heavy atom. The molecule has 3 aromatic rings. The zero-order chi connectivity index (χ0) is 17.1. The van der Waals surface area contributed by atoms with Crippen LogP contribution < -0.4 is 5.32 Å². The van der Waals surface area contributed by atoms with E-state index in [1.54, 1.807) is 24.3 Å². The van der Waals surface area contributed by atoms with Crippen LogP contribution in [0.4, 0.5) is 4.39 Å². The summed E-state index contributed by atoms with van der Waals surface area (Å²) in [5.74, 6) is -1.25. The fraction of sp³-hybridized carbons (Fsp3) is 0.0588. The highest BCUT2D eigenvalue weighted by Crippen LogP contribution is 2.22. The molecule has 0 spiro atoms. The molecule has 7 heteroatoms. The molecule has 0 aliphatic heterocycles. The van der Waals surface area contributed by atoms with Crippen LogP contribution in [0.25, 0.3) is 0 Å². The second-order valence-electron chi connectivity index (χ2n) is 4.85. The number of benzene rings is 1. The zero-order valence-corrected chi connectivity index (χ0v) is 13.8. The van der Waals surface area contributed by atoms with Crippen LogP contribution in [0.1, 0.15) is 30.7 Å². The van der Waals surface area contributed by atoms with Crippen molar-refractivity contribution in [3.63, 3.8) is 0 Å². The molecule has 0 radical (unpaired) electrons. The number of carbonyl (C=O) groups excluding carboxylic acids is 2. The highest BCUT2D eigenvalue weighted by molar-refractivity contribution is 7.14. The van der Waals surface area contributed by atoms with Crippen LogP contribution in [-0.2, 0) is 6.54 Å². The Morgan fingerprint density at radius 1 is 1.17 bits per heavy atom. The van der Waals surface area contributed by atoms with E-state index in [2.05, 4.69) is 5.32 Å². The SMILES string of the molecule is O=C(c1ccco1)c1ccc(CNC(=O)c2c(F)cccc2Cl)s1. The molecule has 2 aromatic heterocycles. The number of ketones is 1. The normalized spacial score (nSPS) is 10.6. The summed E-state index contributed by atoms with van der Waals surface area (Å²) in [7, 11) is 0. The van der Waals surface area contributed by atoms with E-state index < -0.39 is 11.7 Å². The standard InChI is InChI=1S/C17H11ClFNO3S/c18-11-3-1-4-12(19)15(11)17(22)20-9-10-6-7-14(24-10)16(21)13-5-2-8-23-13/h1-8H,9H2,(H,20,22). The van der Waals surface area contributed by atoms with Gasteiger partial charge < -0.3 is 9.73 Å². The summed E-state index contributed by atoms with van der Waals surface area (Å²) in [6.45, 7) is 0.166. The molecule has 0 bridgehead atoms. The second-order valence-corrected chi connectivity index (χ2v) is 6.43. The van der Waals surface area contributed by atoms with E-state index >= 15 is 0 Å². The highest BCUT2D eigenvalue weighted by Gasteiger charge is 2.17. The zero-order valence-electron chi connectivity index (χ0n) is 12.2. The van der Waals surface area contributed by atoms with Crippen molar-refractivity contribution in [2.75, 3.05) is 0 Å². The Bertz CT molecular complexity index is 869. The van der Waals surface area contributed by atoms with Crippen molar-refractivity contribution in [2.24, 2.45) is 0 Å². The number of rotatable bonds is 5. The molecule has 0 fully saturated rings. The molecule has 0 saturated heterocycles. The van der Waals surface area contributed by atoms with Crippen LogP contribution in [0.3, 0.4) is 0 Å². The Kier molecular flexibility index (Phi) is 4.78. The summed E-state index contributed by atoms with van der Waals surface area (Å²) in [5.41, 5.74) is -0.192. The van der Waals surface area contributed by atoms with Crippen molar-refractivity contribution >= 4 is 34.6 Å². The van der Waals surface area contributed by atoms with Gasteiger partial charge in [0.05, 0.1) is 28.3 Å². The van der Waals surface area contributed by atoms with E-state index in [1.807, 2.05) is 0 Å². The van der Waals surface area contributed by atoms with Crippen LogP contribution in [0.2, 0.25) is 5.02 Å². The maximum atomic E-state index is 13.7. The van der Waals surface area contributed by atoms with Crippen molar-refractivity contribution in [1.29, 1.82) is 0 Å². The molecule has 1 amide bonds. The first-order valence-electron chi connectivity index (χ1n) is 6.95. The van der Waals surface area contributed by atoms with Gasteiger partial charge in [0.25, 0.3) is 5.91 Å². The van der Waals surface area contributed by atoms with Gasteiger partial charge in [-0.05, 0) is 36.4 Å². The number of hydrogen-bond acceptors (Lipinski definition) is 4. The second kappa shape index (κ2) is 6.98. The lowest BCUT2D eigenvalue weighted by Gasteiger charge is -2.06. The van der Waals surface area contributed by atoms with Gasteiger partial charge in [-0.1, -0.05) is 17.7 Å². The first kappa shape index (κ1) is 16.4. The maximum absolute atomic E-state index is 13.7. The van der Waals surface area contributed by atoms with Gasteiger partial charge in [-0.25, -0.2) is 4.39 Å². The fourth-order valence-corrected chi connectivity index (χ4v) is 3.24. The molecule has 2 heterocycles. The monoisotopic (exact) mass is 363 g/mol. The molecule has 0 atom stereocenters. The molecule has 122 valence electrons. The van der Waals surface area contributed by atoms with Gasteiger partial charge in [-0.3, -0.25) is 9.59 Å². The number of halogens is 2. The first-order valence-corrected chi connectivity index (χ1v) is 8.15. The van der Waals surface area contributed by atoms with Gasteiger partial charge in [0, 0.05) is 4.88 Å². The highest BCUT2D eigenvalue weighted by atomic mass is 35.5. The number of furan rings is 1. The summed E-state index contributed by atoms with van der Waals surface area (Å²) in [6.07, 6.45) is 1.43. The van der Waals surface area contributed by atoms with Crippen LogP contribution >= 0.6 is 22.9 Å². The Morgan fingerprint density at radius 2 is 2.00 bits per heavy atom. The van der Waals surface area contributed by atoms with E-state index in [0.29, 0.717) is 4.88 Å². The van der Waals surface area contributed by atoms with Crippen molar-refractivity contribution in [3.05, 3.63) is 80.6 Å². The third-order valence-electron chi connectivity index (χ3n) is 3.24. The number of nitrogens with one attached hydrogen (secondary N) is 1. The average molecular weight is 364 g/mol. The molecular formula is C17H11ClFNO3S. The van der Waals surface area contributed by atoms with Gasteiger partial charge in [0.2, 0.25) is 5.78 Å². The van der Waals surface area contributed by atoms with Gasteiger partial charge >= 0.3 is 0 Å². The largest absolute Gasteiger partial charge is 0.461 e. The van der Waals surface area contributed by atoms with Crippen LogP contribution in [-0.4, -0.2) is 11.7 Å². The smallest absolute Gasteiger partial charge is 0.256 e. The fourth-order valence-electron chi connectivity index (χ4n) is 2.09. The van der Waals surface area contributed by atoms with Crippen molar-refractivity contribution in [1.82, 2.24) is 5.32 Å². The summed E-state index contributed by atoms with van der Waals surface area (Å²) >= 11 is 7.09. The van der Waals surface area contributed by atoms with E-state index in [9.17, 15) is 14.0 Å². The van der Waals surface area contributed by atoms with E-state index in [0.717, 1.165) is 4.88 Å². The molecule has 1 N–H and O–H groups in total. The van der Waals surface area contributed by atoms with Crippen molar-refractivity contribution in [3.8, 4) is 0 Å². The van der Waals surface area contributed by atoms with Crippen LogP contribution in [0.15, 0.2) is 53.1 Å². The molecule has 0 aliphatic carbocycles. The topological polar surface area (TPSA) is 59.3 Å². The van der Waals surface area contributed by atoms with E-state index in [4.69, 9.17) is 16.0 Å². The predicted octanol–water partition coefficient (Wildman–Crippen LogP) is 4.29. The lowest BCUT2D eigenvalue weighted by molar-refractivity contribution is 0.0946. The molecule has 24 heavy (non-hydrogen) atoms. The first-order chi connectivity index (χ1) is 11.6. The summed E-state index contributed by atoms with van der Waals surface area (Å²) in [5, 5.41) is 2.64. The maximum Gasteiger partial charge on any atom is 0.256 e. The van der Waals surface area contributed by atoms with Gasteiger partial charge in [0.15, 0.2) is 5.76 Å². The predicted molar refractivity (Wildman–Crippen MR) is 89.0 cm³/mol. The van der Waals surface area contributed by atoms with E-state index in [-0.39, 0.29) is 28.7 Å². The molecule has 0 aliphatic rings. The summed E-state index contributed by atoms with van der Waals surface area (Å²) in [6, 6.07) is 10.7. The minimum atomic E-state index is -0.681. The average Bonchev–Trinajstić information content (AvgIpc) is 3.24. The number of thiophene rings is 1. The lowest BCUT2D eigenvalue weighted by Crippen LogP contribution is -2.23.